The van der Waals surface area contributed by atoms with Crippen LogP contribution in [0, 0.1) is 0 Å². The van der Waals surface area contributed by atoms with Crippen LogP contribution in [0.15, 0.2) is 48.5 Å². The van der Waals surface area contributed by atoms with E-state index in [0.29, 0.717) is 11.3 Å². The maximum Gasteiger partial charge on any atom is 0.418 e. The molecule has 0 atom stereocenters. The summed E-state index contributed by atoms with van der Waals surface area (Å²) in [6.45, 7) is -0.237. The predicted molar refractivity (Wildman–Crippen MR) is 97.4 cm³/mol. The van der Waals surface area contributed by atoms with Crippen molar-refractivity contribution in [2.45, 2.75) is 12.6 Å². The van der Waals surface area contributed by atoms with Crippen molar-refractivity contribution in [3.63, 3.8) is 0 Å². The van der Waals surface area contributed by atoms with E-state index in [-0.39, 0.29) is 24.6 Å². The van der Waals surface area contributed by atoms with Gasteiger partial charge in [-0.25, -0.2) is 0 Å². The minimum absolute atomic E-state index is 0.104. The molecular formula is C19H20F3N3O2. The van der Waals surface area contributed by atoms with Crippen molar-refractivity contribution >= 4 is 23.2 Å². The molecule has 0 aliphatic heterocycles. The lowest BCUT2D eigenvalue weighted by molar-refractivity contribution is -0.137. The van der Waals surface area contributed by atoms with E-state index in [1.807, 2.05) is 0 Å². The molecule has 0 fully saturated rings. The average Bonchev–Trinajstić information content (AvgIpc) is 2.60. The topological polar surface area (TPSA) is 61.4 Å². The molecule has 0 aliphatic rings. The van der Waals surface area contributed by atoms with E-state index in [2.05, 4.69) is 10.6 Å². The van der Waals surface area contributed by atoms with E-state index in [1.165, 1.54) is 23.1 Å². The SMILES string of the molecule is CN(C)C(=O)Cc1ccccc1NCC(=O)Nc1ccccc1C(F)(F)F. The molecule has 2 N–H and O–H groups in total. The highest BCUT2D eigenvalue weighted by molar-refractivity contribution is 5.94. The van der Waals surface area contributed by atoms with Crippen LogP contribution in [0.25, 0.3) is 0 Å². The number of para-hydroxylation sites is 2. The van der Waals surface area contributed by atoms with Crippen LogP contribution in [0.5, 0.6) is 0 Å². The van der Waals surface area contributed by atoms with Gasteiger partial charge in [-0.05, 0) is 23.8 Å². The van der Waals surface area contributed by atoms with Crippen LogP contribution in [0.1, 0.15) is 11.1 Å². The number of carbonyl (C=O) groups excluding carboxylic acids is 2. The number of carbonyl (C=O) groups is 2. The number of anilines is 2. The fraction of sp³-hybridized carbons (Fsp3) is 0.263. The van der Waals surface area contributed by atoms with Gasteiger partial charge in [-0.15, -0.1) is 0 Å². The Kier molecular flexibility index (Phi) is 6.44. The molecule has 0 unspecified atom stereocenters. The van der Waals surface area contributed by atoms with Gasteiger partial charge in [0.2, 0.25) is 11.8 Å². The smallest absolute Gasteiger partial charge is 0.376 e. The van der Waals surface area contributed by atoms with Crippen molar-refractivity contribution in [1.29, 1.82) is 0 Å². The second-order valence-electron chi connectivity index (χ2n) is 6.07. The van der Waals surface area contributed by atoms with Gasteiger partial charge < -0.3 is 15.5 Å². The van der Waals surface area contributed by atoms with E-state index in [1.54, 1.807) is 38.4 Å². The molecule has 0 saturated carbocycles. The molecule has 2 rings (SSSR count). The summed E-state index contributed by atoms with van der Waals surface area (Å²) in [5.74, 6) is -0.728. The van der Waals surface area contributed by atoms with E-state index in [9.17, 15) is 22.8 Å². The van der Waals surface area contributed by atoms with Crippen molar-refractivity contribution in [3.8, 4) is 0 Å². The van der Waals surface area contributed by atoms with Gasteiger partial charge >= 0.3 is 6.18 Å². The summed E-state index contributed by atoms with van der Waals surface area (Å²) >= 11 is 0. The summed E-state index contributed by atoms with van der Waals surface area (Å²) in [6, 6.07) is 11.7. The third-order valence-electron chi connectivity index (χ3n) is 3.80. The molecule has 0 spiro atoms. The monoisotopic (exact) mass is 379 g/mol. The van der Waals surface area contributed by atoms with Gasteiger partial charge in [0.25, 0.3) is 0 Å². The van der Waals surface area contributed by atoms with Gasteiger partial charge in [0.1, 0.15) is 0 Å². The van der Waals surface area contributed by atoms with E-state index < -0.39 is 17.6 Å². The Hall–Kier alpha value is -3.03. The third kappa shape index (κ3) is 5.73. The first-order valence-corrected chi connectivity index (χ1v) is 8.16. The van der Waals surface area contributed by atoms with Crippen LogP contribution in [0.3, 0.4) is 0 Å². The van der Waals surface area contributed by atoms with Gasteiger partial charge in [0, 0.05) is 19.8 Å². The molecule has 0 aliphatic carbocycles. The van der Waals surface area contributed by atoms with Gasteiger partial charge in [-0.3, -0.25) is 9.59 Å². The molecule has 2 aromatic rings. The average molecular weight is 379 g/mol. The first-order chi connectivity index (χ1) is 12.7. The summed E-state index contributed by atoms with van der Waals surface area (Å²) in [4.78, 5) is 25.4. The molecule has 2 aromatic carbocycles. The molecule has 5 nitrogen and oxygen atoms in total. The number of nitrogens with zero attached hydrogens (tertiary/aromatic N) is 1. The number of alkyl halides is 3. The second-order valence-corrected chi connectivity index (χ2v) is 6.07. The van der Waals surface area contributed by atoms with Gasteiger partial charge in [-0.2, -0.15) is 13.2 Å². The maximum absolute atomic E-state index is 13.0. The fourth-order valence-corrected chi connectivity index (χ4v) is 2.38. The van der Waals surface area contributed by atoms with Gasteiger partial charge in [-0.1, -0.05) is 30.3 Å². The Labute approximate surface area is 155 Å². The highest BCUT2D eigenvalue weighted by atomic mass is 19.4. The van der Waals surface area contributed by atoms with Gasteiger partial charge in [0.15, 0.2) is 0 Å². The molecular weight excluding hydrogens is 359 g/mol. The van der Waals surface area contributed by atoms with Crippen LogP contribution < -0.4 is 10.6 Å². The lowest BCUT2D eigenvalue weighted by atomic mass is 10.1. The van der Waals surface area contributed by atoms with Crippen LogP contribution in [-0.2, 0) is 22.2 Å². The van der Waals surface area contributed by atoms with Crippen molar-refractivity contribution in [3.05, 3.63) is 59.7 Å². The third-order valence-corrected chi connectivity index (χ3v) is 3.80. The van der Waals surface area contributed by atoms with E-state index in [4.69, 9.17) is 0 Å². The Morgan fingerprint density at radius 2 is 1.56 bits per heavy atom. The Morgan fingerprint density at radius 1 is 0.963 bits per heavy atom. The largest absolute Gasteiger partial charge is 0.418 e. The highest BCUT2D eigenvalue weighted by Crippen LogP contribution is 2.34. The summed E-state index contributed by atoms with van der Waals surface area (Å²) < 4.78 is 39.0. The molecule has 0 saturated heterocycles. The number of nitrogens with one attached hydrogen (secondary N) is 2. The van der Waals surface area contributed by atoms with Crippen LogP contribution in [0.4, 0.5) is 24.5 Å². The number of hydrogen-bond donors (Lipinski definition) is 2. The van der Waals surface area contributed by atoms with Crippen molar-refractivity contribution in [1.82, 2.24) is 4.90 Å². The fourth-order valence-electron chi connectivity index (χ4n) is 2.38. The standard InChI is InChI=1S/C19H20F3N3O2/c1-25(2)18(27)11-13-7-3-5-9-15(13)23-12-17(26)24-16-10-6-4-8-14(16)19(20,21)22/h3-10,23H,11-12H2,1-2H3,(H,24,26). The molecule has 8 heteroatoms. The summed E-state index contributed by atoms with van der Waals surface area (Å²) in [5.41, 5.74) is 0.0647. The highest BCUT2D eigenvalue weighted by Gasteiger charge is 2.33. The normalized spacial score (nSPS) is 11.0. The molecule has 0 heterocycles. The summed E-state index contributed by atoms with van der Waals surface area (Å²) in [7, 11) is 3.29. The number of rotatable bonds is 6. The van der Waals surface area contributed by atoms with Crippen LogP contribution in [-0.4, -0.2) is 37.4 Å². The quantitative estimate of drug-likeness (QED) is 0.809. The van der Waals surface area contributed by atoms with Gasteiger partial charge in [0.05, 0.1) is 24.2 Å². The first kappa shape index (κ1) is 20.3. The van der Waals surface area contributed by atoms with Crippen molar-refractivity contribution < 1.29 is 22.8 Å². The van der Waals surface area contributed by atoms with Crippen LogP contribution >= 0.6 is 0 Å². The van der Waals surface area contributed by atoms with Crippen molar-refractivity contribution in [2.24, 2.45) is 0 Å². The Bertz CT molecular complexity index is 820. The summed E-state index contributed by atoms with van der Waals surface area (Å²) in [5, 5.41) is 5.14. The van der Waals surface area contributed by atoms with E-state index in [0.717, 1.165) is 6.07 Å². The molecule has 27 heavy (non-hydrogen) atoms. The number of hydrogen-bond acceptors (Lipinski definition) is 3. The van der Waals surface area contributed by atoms with Crippen molar-refractivity contribution in [2.75, 3.05) is 31.3 Å². The first-order valence-electron chi connectivity index (χ1n) is 8.16. The Morgan fingerprint density at radius 3 is 2.19 bits per heavy atom. The van der Waals surface area contributed by atoms with E-state index >= 15 is 0 Å². The lowest BCUT2D eigenvalue weighted by Crippen LogP contribution is -2.25. The van der Waals surface area contributed by atoms with Crippen LogP contribution in [0.2, 0.25) is 0 Å². The summed E-state index contributed by atoms with van der Waals surface area (Å²) in [6.07, 6.45) is -4.41. The molecule has 0 bridgehead atoms. The lowest BCUT2D eigenvalue weighted by Gasteiger charge is -2.16. The number of benzene rings is 2. The molecule has 2 amide bonds. The zero-order chi connectivity index (χ0) is 20.0. The Balaban J connectivity index is 2.04. The predicted octanol–water partition coefficient (Wildman–Crippen LogP) is 3.39. The number of halogens is 3. The molecule has 0 aromatic heterocycles. The number of likely N-dealkylation sites (N-methyl/N-ethyl adjacent to an activating group) is 1. The zero-order valence-corrected chi connectivity index (χ0v) is 14.9. The molecule has 144 valence electrons. The maximum atomic E-state index is 13.0. The minimum Gasteiger partial charge on any atom is -0.376 e. The second kappa shape index (κ2) is 8.57. The zero-order valence-electron chi connectivity index (χ0n) is 14.9. The number of amides is 2. The minimum atomic E-state index is -4.56. The molecule has 0 radical (unpaired) electrons.